The predicted octanol–water partition coefficient (Wildman–Crippen LogP) is 4.48. The number of thiophene rings is 1. The van der Waals surface area contributed by atoms with E-state index in [1.165, 1.54) is 16.0 Å². The molecule has 0 spiro atoms. The fourth-order valence-corrected chi connectivity index (χ4v) is 4.68. The molecule has 0 bridgehead atoms. The van der Waals surface area contributed by atoms with Crippen LogP contribution in [0.25, 0.3) is 20.1 Å². The molecule has 6 heteroatoms. The Balaban J connectivity index is 1.63. The normalized spacial score (nSPS) is 11.6. The average Bonchev–Trinajstić information content (AvgIpc) is 3.24. The van der Waals surface area contributed by atoms with E-state index in [1.54, 1.807) is 11.3 Å². The average molecular weight is 374 g/mol. The zero-order valence-corrected chi connectivity index (χ0v) is 16.4. The highest BCUT2D eigenvalue weighted by Crippen LogP contribution is 2.34. The number of carbonyl (C=O) groups excluding carboxylic acids is 1. The SMILES string of the molecule is CCN(CCNC(=O)c1ccc(-c2nc3ccccc3s2)s1)C(C)C. The second kappa shape index (κ2) is 8.08. The lowest BCUT2D eigenvalue weighted by Crippen LogP contribution is -2.38. The highest BCUT2D eigenvalue weighted by atomic mass is 32.1. The zero-order chi connectivity index (χ0) is 17.8. The summed E-state index contributed by atoms with van der Waals surface area (Å²) in [4.78, 5) is 21.1. The van der Waals surface area contributed by atoms with Crippen LogP contribution in [-0.4, -0.2) is 41.5 Å². The minimum Gasteiger partial charge on any atom is -0.350 e. The largest absolute Gasteiger partial charge is 0.350 e. The number of hydrogen-bond acceptors (Lipinski definition) is 5. The number of likely N-dealkylation sites (N-methyl/N-ethyl adjacent to an activating group) is 1. The van der Waals surface area contributed by atoms with E-state index >= 15 is 0 Å². The Bertz CT molecular complexity index is 820. The van der Waals surface area contributed by atoms with E-state index in [4.69, 9.17) is 0 Å². The van der Waals surface area contributed by atoms with Crippen LogP contribution in [0, 0.1) is 0 Å². The van der Waals surface area contributed by atoms with Crippen molar-refractivity contribution in [1.29, 1.82) is 0 Å². The first kappa shape index (κ1) is 18.0. The first-order valence-corrected chi connectivity index (χ1v) is 10.2. The number of para-hydroxylation sites is 1. The van der Waals surface area contributed by atoms with Gasteiger partial charge >= 0.3 is 0 Å². The number of thiazole rings is 1. The fourth-order valence-electron chi connectivity index (χ4n) is 2.73. The molecule has 1 amide bonds. The molecular weight excluding hydrogens is 350 g/mol. The van der Waals surface area contributed by atoms with Crippen molar-refractivity contribution in [3.8, 4) is 9.88 Å². The van der Waals surface area contributed by atoms with Crippen molar-refractivity contribution in [1.82, 2.24) is 15.2 Å². The Morgan fingerprint density at radius 3 is 2.72 bits per heavy atom. The van der Waals surface area contributed by atoms with Crippen molar-refractivity contribution in [3.63, 3.8) is 0 Å². The van der Waals surface area contributed by atoms with Gasteiger partial charge in [-0.15, -0.1) is 22.7 Å². The van der Waals surface area contributed by atoms with Gasteiger partial charge in [-0.25, -0.2) is 4.98 Å². The molecule has 1 aromatic carbocycles. The smallest absolute Gasteiger partial charge is 0.261 e. The summed E-state index contributed by atoms with van der Waals surface area (Å²) in [7, 11) is 0. The lowest BCUT2D eigenvalue weighted by molar-refractivity contribution is 0.0950. The van der Waals surface area contributed by atoms with Crippen molar-refractivity contribution < 1.29 is 4.79 Å². The van der Waals surface area contributed by atoms with Gasteiger partial charge in [-0.3, -0.25) is 9.69 Å². The third kappa shape index (κ3) is 4.26. The topological polar surface area (TPSA) is 45.2 Å². The van der Waals surface area contributed by atoms with Crippen molar-refractivity contribution >= 4 is 38.8 Å². The summed E-state index contributed by atoms with van der Waals surface area (Å²) in [6, 6.07) is 12.5. The number of fused-ring (bicyclic) bond motifs is 1. The van der Waals surface area contributed by atoms with Crippen molar-refractivity contribution in [2.45, 2.75) is 26.8 Å². The van der Waals surface area contributed by atoms with E-state index in [-0.39, 0.29) is 5.91 Å². The zero-order valence-electron chi connectivity index (χ0n) is 14.8. The summed E-state index contributed by atoms with van der Waals surface area (Å²) in [5.41, 5.74) is 1.01. The van der Waals surface area contributed by atoms with Crippen molar-refractivity contribution in [2.75, 3.05) is 19.6 Å². The minimum absolute atomic E-state index is 0.00262. The van der Waals surface area contributed by atoms with Gasteiger partial charge in [0, 0.05) is 19.1 Å². The molecule has 0 saturated heterocycles. The molecule has 1 N–H and O–H groups in total. The highest BCUT2D eigenvalue weighted by Gasteiger charge is 2.13. The standard InChI is InChI=1S/C19H23N3OS2/c1-4-22(13(2)3)12-11-20-18(23)16-9-10-17(24-16)19-21-14-7-5-6-8-15(14)25-19/h5-10,13H,4,11-12H2,1-3H3,(H,20,23). The number of aromatic nitrogens is 1. The Labute approximate surface area is 156 Å². The molecule has 132 valence electrons. The van der Waals surface area contributed by atoms with Crippen LogP contribution in [0.5, 0.6) is 0 Å². The monoisotopic (exact) mass is 373 g/mol. The van der Waals surface area contributed by atoms with Gasteiger partial charge in [0.1, 0.15) is 5.01 Å². The molecule has 2 aromatic heterocycles. The molecule has 0 aliphatic heterocycles. The molecule has 0 aliphatic rings. The second-order valence-electron chi connectivity index (χ2n) is 6.13. The van der Waals surface area contributed by atoms with Crippen molar-refractivity contribution in [2.24, 2.45) is 0 Å². The molecule has 25 heavy (non-hydrogen) atoms. The van der Waals surface area contributed by atoms with Gasteiger partial charge in [0.2, 0.25) is 0 Å². The van der Waals surface area contributed by atoms with E-state index in [0.29, 0.717) is 12.6 Å². The van der Waals surface area contributed by atoms with Crippen LogP contribution < -0.4 is 5.32 Å². The number of nitrogens with one attached hydrogen (secondary N) is 1. The minimum atomic E-state index is -0.00262. The van der Waals surface area contributed by atoms with E-state index in [1.807, 2.05) is 30.3 Å². The molecule has 0 atom stereocenters. The molecule has 0 radical (unpaired) electrons. The van der Waals surface area contributed by atoms with Gasteiger partial charge in [-0.1, -0.05) is 19.1 Å². The summed E-state index contributed by atoms with van der Waals surface area (Å²) in [6.45, 7) is 9.03. The van der Waals surface area contributed by atoms with Crippen LogP contribution in [0.2, 0.25) is 0 Å². The predicted molar refractivity (Wildman–Crippen MR) is 108 cm³/mol. The summed E-state index contributed by atoms with van der Waals surface area (Å²) in [6.07, 6.45) is 0. The van der Waals surface area contributed by atoms with Gasteiger partial charge in [0.15, 0.2) is 0 Å². The van der Waals surface area contributed by atoms with E-state index in [2.05, 4.69) is 42.0 Å². The van der Waals surface area contributed by atoms with Crippen LogP contribution in [-0.2, 0) is 0 Å². The van der Waals surface area contributed by atoms with Crippen LogP contribution in [0.4, 0.5) is 0 Å². The lowest BCUT2D eigenvalue weighted by atomic mass is 10.3. The Kier molecular flexibility index (Phi) is 5.83. The molecule has 3 rings (SSSR count). The number of carbonyl (C=O) groups is 1. The number of hydrogen-bond donors (Lipinski definition) is 1. The van der Waals surface area contributed by atoms with Gasteiger partial charge in [-0.05, 0) is 44.7 Å². The van der Waals surface area contributed by atoms with Crippen LogP contribution in [0.15, 0.2) is 36.4 Å². The molecule has 3 aromatic rings. The Morgan fingerprint density at radius 2 is 2.00 bits per heavy atom. The van der Waals surface area contributed by atoms with Crippen LogP contribution >= 0.6 is 22.7 Å². The first-order chi connectivity index (χ1) is 12.1. The quantitative estimate of drug-likeness (QED) is 0.664. The van der Waals surface area contributed by atoms with Gasteiger partial charge < -0.3 is 5.32 Å². The number of amides is 1. The maximum Gasteiger partial charge on any atom is 0.261 e. The third-order valence-electron chi connectivity index (χ3n) is 4.16. The van der Waals surface area contributed by atoms with Crippen molar-refractivity contribution in [3.05, 3.63) is 41.3 Å². The molecule has 2 heterocycles. The summed E-state index contributed by atoms with van der Waals surface area (Å²) >= 11 is 3.17. The van der Waals surface area contributed by atoms with Crippen LogP contribution in [0.1, 0.15) is 30.4 Å². The molecule has 0 saturated carbocycles. The molecule has 0 unspecified atom stereocenters. The van der Waals surface area contributed by atoms with Gasteiger partial charge in [0.05, 0.1) is 20.0 Å². The third-order valence-corrected chi connectivity index (χ3v) is 6.45. The number of benzene rings is 1. The number of rotatable bonds is 7. The molecular formula is C19H23N3OS2. The van der Waals surface area contributed by atoms with E-state index in [0.717, 1.165) is 33.4 Å². The van der Waals surface area contributed by atoms with E-state index < -0.39 is 0 Å². The Morgan fingerprint density at radius 1 is 1.20 bits per heavy atom. The maximum absolute atomic E-state index is 12.4. The molecule has 0 fully saturated rings. The summed E-state index contributed by atoms with van der Waals surface area (Å²) in [5, 5.41) is 4.00. The molecule has 0 aliphatic carbocycles. The summed E-state index contributed by atoms with van der Waals surface area (Å²) < 4.78 is 1.17. The number of nitrogens with zero attached hydrogens (tertiary/aromatic N) is 2. The van der Waals surface area contributed by atoms with E-state index in [9.17, 15) is 4.79 Å². The van der Waals surface area contributed by atoms with Crippen LogP contribution in [0.3, 0.4) is 0 Å². The van der Waals surface area contributed by atoms with Gasteiger partial charge in [-0.2, -0.15) is 0 Å². The Hall–Kier alpha value is -1.76. The maximum atomic E-state index is 12.4. The highest BCUT2D eigenvalue weighted by molar-refractivity contribution is 7.26. The second-order valence-corrected chi connectivity index (χ2v) is 8.24. The van der Waals surface area contributed by atoms with Gasteiger partial charge in [0.25, 0.3) is 5.91 Å². The molecule has 4 nitrogen and oxygen atoms in total. The summed E-state index contributed by atoms with van der Waals surface area (Å²) in [5.74, 6) is -0.00262. The first-order valence-electron chi connectivity index (χ1n) is 8.56. The lowest BCUT2D eigenvalue weighted by Gasteiger charge is -2.24. The fraction of sp³-hybridized carbons (Fsp3) is 0.368.